The SMILES string of the molecule is CC[C@@H](c1nnnn1C[C@@H]1CCCO1)[NH+]1CC[NH+](C)CC1. The summed E-state index contributed by atoms with van der Waals surface area (Å²) in [5.41, 5.74) is 0. The van der Waals surface area contributed by atoms with Gasteiger partial charge in [0.2, 0.25) is 5.82 Å². The summed E-state index contributed by atoms with van der Waals surface area (Å²) in [6.45, 7) is 8.81. The number of hydrogen-bond donors (Lipinski definition) is 2. The minimum absolute atomic E-state index is 0.289. The first-order valence-corrected chi connectivity index (χ1v) is 8.31. The van der Waals surface area contributed by atoms with Crippen LogP contribution in [-0.4, -0.2) is 66.1 Å². The molecule has 0 radical (unpaired) electrons. The van der Waals surface area contributed by atoms with Crippen LogP contribution in [0.5, 0.6) is 0 Å². The van der Waals surface area contributed by atoms with Crippen molar-refractivity contribution >= 4 is 0 Å². The van der Waals surface area contributed by atoms with Gasteiger partial charge < -0.3 is 14.5 Å². The molecule has 2 aliphatic heterocycles. The smallest absolute Gasteiger partial charge is 0.209 e. The monoisotopic (exact) mass is 296 g/mol. The van der Waals surface area contributed by atoms with Gasteiger partial charge >= 0.3 is 0 Å². The average Bonchev–Trinajstić information content (AvgIpc) is 3.15. The Hall–Kier alpha value is -1.05. The molecule has 21 heavy (non-hydrogen) atoms. The summed E-state index contributed by atoms with van der Waals surface area (Å²) in [4.78, 5) is 3.26. The molecule has 0 bridgehead atoms. The van der Waals surface area contributed by atoms with Crippen molar-refractivity contribution in [3.8, 4) is 0 Å². The molecule has 2 aliphatic rings. The number of nitrogens with one attached hydrogen (secondary N) is 2. The molecule has 0 spiro atoms. The number of hydrogen-bond acceptors (Lipinski definition) is 4. The number of rotatable bonds is 5. The normalized spacial score (nSPS) is 31.4. The van der Waals surface area contributed by atoms with Crippen LogP contribution in [0.4, 0.5) is 0 Å². The Labute approximate surface area is 126 Å². The molecule has 7 heteroatoms. The van der Waals surface area contributed by atoms with E-state index in [1.165, 1.54) is 26.2 Å². The molecule has 1 aromatic rings. The minimum Gasteiger partial charge on any atom is -0.376 e. The third-order valence-corrected chi connectivity index (χ3v) is 4.92. The standard InChI is InChI=1S/C14H26N6O/c1-3-13(19-8-6-18(2)7-9-19)14-15-16-17-20(14)11-12-5-4-10-21-12/h12-13H,3-11H2,1-2H3/p+2/t12-,13-/m0/s1. The van der Waals surface area contributed by atoms with Gasteiger partial charge in [-0.25, -0.2) is 4.68 Å². The average molecular weight is 296 g/mol. The second-order valence-corrected chi connectivity index (χ2v) is 6.43. The molecule has 0 amide bonds. The molecule has 0 unspecified atom stereocenters. The number of nitrogens with zero attached hydrogens (tertiary/aromatic N) is 4. The van der Waals surface area contributed by atoms with E-state index in [0.29, 0.717) is 6.04 Å². The lowest BCUT2D eigenvalue weighted by Gasteiger charge is -2.32. The summed E-state index contributed by atoms with van der Waals surface area (Å²) in [5, 5.41) is 12.5. The molecule has 0 saturated carbocycles. The molecule has 0 aliphatic carbocycles. The van der Waals surface area contributed by atoms with Crippen molar-refractivity contribution in [1.29, 1.82) is 0 Å². The van der Waals surface area contributed by atoms with Crippen LogP contribution in [0.15, 0.2) is 0 Å². The molecule has 7 nitrogen and oxygen atoms in total. The van der Waals surface area contributed by atoms with Gasteiger partial charge in [0.1, 0.15) is 32.2 Å². The highest BCUT2D eigenvalue weighted by atomic mass is 16.5. The molecule has 2 N–H and O–H groups in total. The zero-order valence-electron chi connectivity index (χ0n) is 13.2. The molecule has 1 aromatic heterocycles. The van der Waals surface area contributed by atoms with Gasteiger partial charge in [-0.1, -0.05) is 6.92 Å². The molecule has 2 saturated heterocycles. The van der Waals surface area contributed by atoms with Gasteiger partial charge in [-0.05, 0) is 23.3 Å². The Morgan fingerprint density at radius 3 is 2.81 bits per heavy atom. The maximum Gasteiger partial charge on any atom is 0.209 e. The van der Waals surface area contributed by atoms with Crippen molar-refractivity contribution in [3.63, 3.8) is 0 Å². The Bertz CT molecular complexity index is 436. The van der Waals surface area contributed by atoms with E-state index in [2.05, 4.69) is 29.5 Å². The first kappa shape index (κ1) is 14.9. The summed E-state index contributed by atoms with van der Waals surface area (Å²) < 4.78 is 7.72. The van der Waals surface area contributed by atoms with Crippen molar-refractivity contribution < 1.29 is 14.5 Å². The van der Waals surface area contributed by atoms with Crippen molar-refractivity contribution in [3.05, 3.63) is 5.82 Å². The fourth-order valence-corrected chi connectivity index (χ4v) is 3.57. The van der Waals surface area contributed by atoms with Crippen LogP contribution >= 0.6 is 0 Å². The quantitative estimate of drug-likeness (QED) is 0.642. The molecule has 2 fully saturated rings. The predicted molar refractivity (Wildman–Crippen MR) is 77.1 cm³/mol. The van der Waals surface area contributed by atoms with Gasteiger partial charge in [-0.2, -0.15) is 0 Å². The molecule has 0 aromatic carbocycles. The van der Waals surface area contributed by atoms with E-state index in [9.17, 15) is 0 Å². The van der Waals surface area contributed by atoms with Gasteiger partial charge in [0.25, 0.3) is 0 Å². The number of piperazine rings is 1. The lowest BCUT2D eigenvalue weighted by molar-refractivity contribution is -1.02. The van der Waals surface area contributed by atoms with Crippen molar-refractivity contribution in [2.45, 2.75) is 44.9 Å². The second-order valence-electron chi connectivity index (χ2n) is 6.43. The van der Waals surface area contributed by atoms with E-state index in [4.69, 9.17) is 4.74 Å². The van der Waals surface area contributed by atoms with Gasteiger partial charge in [0.15, 0.2) is 0 Å². The number of ether oxygens (including phenoxy) is 1. The van der Waals surface area contributed by atoms with E-state index in [-0.39, 0.29) is 6.10 Å². The maximum absolute atomic E-state index is 5.73. The van der Waals surface area contributed by atoms with Crippen molar-refractivity contribution in [2.24, 2.45) is 0 Å². The minimum atomic E-state index is 0.289. The van der Waals surface area contributed by atoms with Gasteiger partial charge in [-0.3, -0.25) is 0 Å². The van der Waals surface area contributed by atoms with E-state index < -0.39 is 0 Å². The maximum atomic E-state index is 5.73. The van der Waals surface area contributed by atoms with Crippen LogP contribution < -0.4 is 9.80 Å². The summed E-state index contributed by atoms with van der Waals surface area (Å²) in [7, 11) is 2.28. The number of tetrazole rings is 1. The Morgan fingerprint density at radius 2 is 2.14 bits per heavy atom. The third kappa shape index (κ3) is 3.41. The van der Waals surface area contributed by atoms with Gasteiger partial charge in [-0.15, -0.1) is 5.10 Å². The predicted octanol–water partition coefficient (Wildman–Crippen LogP) is -2.28. The van der Waals surface area contributed by atoms with Crippen LogP contribution in [0, 0.1) is 0 Å². The van der Waals surface area contributed by atoms with Gasteiger partial charge in [0, 0.05) is 13.0 Å². The highest BCUT2D eigenvalue weighted by Crippen LogP contribution is 2.16. The van der Waals surface area contributed by atoms with Gasteiger partial charge in [0.05, 0.1) is 19.7 Å². The highest BCUT2D eigenvalue weighted by Gasteiger charge is 2.32. The molecular formula is C14H28N6O+2. The van der Waals surface area contributed by atoms with Crippen LogP contribution in [-0.2, 0) is 11.3 Å². The van der Waals surface area contributed by atoms with E-state index in [1.807, 2.05) is 4.68 Å². The number of quaternary nitrogens is 2. The first-order valence-electron chi connectivity index (χ1n) is 8.31. The fourth-order valence-electron chi connectivity index (χ4n) is 3.57. The van der Waals surface area contributed by atoms with Crippen molar-refractivity contribution in [1.82, 2.24) is 20.2 Å². The topological polar surface area (TPSA) is 61.7 Å². The summed E-state index contributed by atoms with van der Waals surface area (Å²) in [5.74, 6) is 1.04. The molecule has 3 rings (SSSR count). The largest absolute Gasteiger partial charge is 0.376 e. The number of likely N-dealkylation sites (N-methyl/N-ethyl adjacent to an activating group) is 1. The van der Waals surface area contributed by atoms with Crippen LogP contribution in [0.2, 0.25) is 0 Å². The summed E-state index contributed by atoms with van der Waals surface area (Å²) in [6, 6.07) is 0.412. The lowest BCUT2D eigenvalue weighted by atomic mass is 10.1. The third-order valence-electron chi connectivity index (χ3n) is 4.92. The number of aromatic nitrogens is 4. The summed E-state index contributed by atoms with van der Waals surface area (Å²) in [6.07, 6.45) is 3.66. The van der Waals surface area contributed by atoms with Crippen LogP contribution in [0.25, 0.3) is 0 Å². The molecule has 2 atom stereocenters. The zero-order chi connectivity index (χ0) is 14.7. The summed E-state index contributed by atoms with van der Waals surface area (Å²) >= 11 is 0. The zero-order valence-corrected chi connectivity index (χ0v) is 13.2. The Balaban J connectivity index is 1.70. The fraction of sp³-hybridized carbons (Fsp3) is 0.929. The second kappa shape index (κ2) is 6.81. The van der Waals surface area contributed by atoms with Crippen LogP contribution in [0.3, 0.4) is 0 Å². The lowest BCUT2D eigenvalue weighted by Crippen LogP contribution is -3.27. The molecule has 3 heterocycles. The molecule has 118 valence electrons. The van der Waals surface area contributed by atoms with Crippen LogP contribution in [0.1, 0.15) is 38.1 Å². The van der Waals surface area contributed by atoms with E-state index in [0.717, 1.165) is 38.2 Å². The van der Waals surface area contributed by atoms with E-state index in [1.54, 1.807) is 9.80 Å². The van der Waals surface area contributed by atoms with Crippen molar-refractivity contribution in [2.75, 3.05) is 39.8 Å². The Kier molecular flexibility index (Phi) is 4.82. The highest BCUT2D eigenvalue weighted by molar-refractivity contribution is 4.88. The molecular weight excluding hydrogens is 268 g/mol. The first-order chi connectivity index (χ1) is 10.3. The van der Waals surface area contributed by atoms with E-state index >= 15 is 0 Å². The Morgan fingerprint density at radius 1 is 1.33 bits per heavy atom.